The van der Waals surface area contributed by atoms with E-state index in [9.17, 15) is 4.79 Å². The molecule has 27 heavy (non-hydrogen) atoms. The van der Waals surface area contributed by atoms with Crippen LogP contribution >= 0.6 is 0 Å². The Balaban J connectivity index is 0.000000817. The Morgan fingerprint density at radius 1 is 1.19 bits per heavy atom. The van der Waals surface area contributed by atoms with Gasteiger partial charge in [-0.05, 0) is 49.7 Å². The summed E-state index contributed by atoms with van der Waals surface area (Å²) in [6.07, 6.45) is 7.22. The fraction of sp³-hybridized carbons (Fsp3) is 0.350. The fourth-order valence-electron chi connectivity index (χ4n) is 3.08. The van der Waals surface area contributed by atoms with Crippen LogP contribution in [0.15, 0.2) is 42.7 Å². The molecule has 1 fully saturated rings. The van der Waals surface area contributed by atoms with Crippen LogP contribution in [0.4, 0.5) is 5.69 Å². The molecule has 144 valence electrons. The standard InChI is InChI=1S/C19H24N4O.CH2O2/c20-18-14-21-9-8-17(18)15-4-6-16(7-5-15)19(24)22-10-13-23-11-2-1-3-12-23;2-1-3/h4-9,14H,1-3,10-13,20H2,(H,22,24);1H,(H,2,3). The first-order chi connectivity index (χ1) is 13.2. The first-order valence-electron chi connectivity index (χ1n) is 9.04. The van der Waals surface area contributed by atoms with Crippen molar-refractivity contribution in [3.8, 4) is 11.1 Å². The number of amides is 1. The van der Waals surface area contributed by atoms with Gasteiger partial charge in [0.1, 0.15) is 0 Å². The predicted molar refractivity (Wildman–Crippen MR) is 105 cm³/mol. The molecular formula is C20H26N4O3. The number of hydrogen-bond acceptors (Lipinski definition) is 5. The van der Waals surface area contributed by atoms with Crippen molar-refractivity contribution in [3.63, 3.8) is 0 Å². The summed E-state index contributed by atoms with van der Waals surface area (Å²) in [6.45, 7) is 3.67. The molecule has 0 aliphatic carbocycles. The van der Waals surface area contributed by atoms with E-state index in [1.54, 1.807) is 12.4 Å². The number of hydrogen-bond donors (Lipinski definition) is 3. The molecule has 2 heterocycles. The van der Waals surface area contributed by atoms with Gasteiger partial charge in [-0.15, -0.1) is 0 Å². The summed E-state index contributed by atoms with van der Waals surface area (Å²) in [5, 5.41) is 9.89. The van der Waals surface area contributed by atoms with Crippen LogP contribution in [0.1, 0.15) is 29.6 Å². The maximum absolute atomic E-state index is 12.2. The van der Waals surface area contributed by atoms with Gasteiger partial charge in [-0.1, -0.05) is 18.6 Å². The van der Waals surface area contributed by atoms with E-state index in [-0.39, 0.29) is 12.4 Å². The van der Waals surface area contributed by atoms with Gasteiger partial charge >= 0.3 is 0 Å². The number of benzene rings is 1. The minimum absolute atomic E-state index is 0.0266. The van der Waals surface area contributed by atoms with Crippen molar-refractivity contribution < 1.29 is 14.7 Å². The number of nitrogen functional groups attached to an aromatic ring is 1. The van der Waals surface area contributed by atoms with Crippen molar-refractivity contribution in [1.82, 2.24) is 15.2 Å². The molecule has 0 radical (unpaired) electrons. The van der Waals surface area contributed by atoms with Gasteiger partial charge in [0.2, 0.25) is 0 Å². The lowest BCUT2D eigenvalue weighted by molar-refractivity contribution is -0.122. The molecule has 0 unspecified atom stereocenters. The van der Waals surface area contributed by atoms with Gasteiger partial charge < -0.3 is 21.1 Å². The Morgan fingerprint density at radius 2 is 1.85 bits per heavy atom. The average Bonchev–Trinajstić information content (AvgIpc) is 2.70. The molecular weight excluding hydrogens is 344 g/mol. The number of rotatable bonds is 5. The SMILES string of the molecule is Nc1cnccc1-c1ccc(C(=O)NCCN2CCCCC2)cc1.O=CO. The maximum Gasteiger partial charge on any atom is 0.290 e. The van der Waals surface area contributed by atoms with Gasteiger partial charge in [-0.25, -0.2) is 0 Å². The number of aromatic nitrogens is 1. The zero-order chi connectivity index (χ0) is 19.5. The van der Waals surface area contributed by atoms with Crippen LogP contribution in [0.3, 0.4) is 0 Å². The third-order valence-corrected chi connectivity index (χ3v) is 4.47. The molecule has 7 heteroatoms. The van der Waals surface area contributed by atoms with Crippen molar-refractivity contribution in [1.29, 1.82) is 0 Å². The number of nitrogens with zero attached hydrogens (tertiary/aromatic N) is 2. The molecule has 0 atom stereocenters. The summed E-state index contributed by atoms with van der Waals surface area (Å²) in [6, 6.07) is 9.40. The van der Waals surface area contributed by atoms with E-state index in [4.69, 9.17) is 15.6 Å². The summed E-state index contributed by atoms with van der Waals surface area (Å²) in [7, 11) is 0. The number of carbonyl (C=O) groups excluding carboxylic acids is 1. The molecule has 2 aromatic rings. The lowest BCUT2D eigenvalue weighted by Crippen LogP contribution is -2.37. The van der Waals surface area contributed by atoms with Gasteiger partial charge in [-0.3, -0.25) is 14.6 Å². The fourth-order valence-corrected chi connectivity index (χ4v) is 3.08. The van der Waals surface area contributed by atoms with E-state index in [0.717, 1.165) is 30.8 Å². The summed E-state index contributed by atoms with van der Waals surface area (Å²) in [5.41, 5.74) is 9.17. The summed E-state index contributed by atoms with van der Waals surface area (Å²) in [5.74, 6) is -0.0266. The largest absolute Gasteiger partial charge is 0.483 e. The molecule has 1 aliphatic heterocycles. The normalized spacial score (nSPS) is 13.9. The highest BCUT2D eigenvalue weighted by Gasteiger charge is 2.11. The second-order valence-corrected chi connectivity index (χ2v) is 6.30. The van der Waals surface area contributed by atoms with Gasteiger partial charge in [0.05, 0.1) is 11.9 Å². The van der Waals surface area contributed by atoms with E-state index >= 15 is 0 Å². The Labute approximate surface area is 159 Å². The second-order valence-electron chi connectivity index (χ2n) is 6.30. The Morgan fingerprint density at radius 3 is 2.48 bits per heavy atom. The van der Waals surface area contributed by atoms with Crippen LogP contribution in [0.2, 0.25) is 0 Å². The topological polar surface area (TPSA) is 109 Å². The van der Waals surface area contributed by atoms with Gasteiger partial charge in [0.15, 0.2) is 0 Å². The lowest BCUT2D eigenvalue weighted by atomic mass is 10.0. The molecule has 3 rings (SSSR count). The zero-order valence-electron chi connectivity index (χ0n) is 15.3. The minimum Gasteiger partial charge on any atom is -0.483 e. The first-order valence-corrected chi connectivity index (χ1v) is 9.04. The summed E-state index contributed by atoms with van der Waals surface area (Å²) in [4.78, 5) is 27.0. The molecule has 0 spiro atoms. The molecule has 1 saturated heterocycles. The van der Waals surface area contributed by atoms with Crippen molar-refractivity contribution >= 4 is 18.1 Å². The van der Waals surface area contributed by atoms with Crippen LogP contribution in [0.5, 0.6) is 0 Å². The van der Waals surface area contributed by atoms with Crippen molar-refractivity contribution in [2.24, 2.45) is 0 Å². The highest BCUT2D eigenvalue weighted by Crippen LogP contribution is 2.24. The average molecular weight is 370 g/mol. The molecule has 0 saturated carbocycles. The molecule has 0 bridgehead atoms. The number of nitrogens with one attached hydrogen (secondary N) is 1. The van der Waals surface area contributed by atoms with Crippen LogP contribution in [0, 0.1) is 0 Å². The van der Waals surface area contributed by atoms with E-state index < -0.39 is 0 Å². The van der Waals surface area contributed by atoms with Gasteiger partial charge in [-0.2, -0.15) is 0 Å². The molecule has 4 N–H and O–H groups in total. The molecule has 1 aliphatic rings. The number of nitrogens with two attached hydrogens (primary N) is 1. The Bertz CT molecular complexity index is 728. The molecule has 1 aromatic heterocycles. The number of carboxylic acid groups (broad SMARTS) is 1. The monoisotopic (exact) mass is 370 g/mol. The number of anilines is 1. The Hall–Kier alpha value is -2.93. The lowest BCUT2D eigenvalue weighted by Gasteiger charge is -2.26. The third-order valence-electron chi connectivity index (χ3n) is 4.47. The van der Waals surface area contributed by atoms with Gasteiger partial charge in [0.25, 0.3) is 12.4 Å². The molecule has 1 amide bonds. The van der Waals surface area contributed by atoms with E-state index in [2.05, 4.69) is 15.2 Å². The number of carbonyl (C=O) groups is 2. The highest BCUT2D eigenvalue weighted by molar-refractivity contribution is 5.94. The van der Waals surface area contributed by atoms with Crippen molar-refractivity contribution in [3.05, 3.63) is 48.3 Å². The minimum atomic E-state index is -0.250. The van der Waals surface area contributed by atoms with Crippen LogP contribution in [-0.2, 0) is 4.79 Å². The summed E-state index contributed by atoms with van der Waals surface area (Å²) >= 11 is 0. The van der Waals surface area contributed by atoms with E-state index in [1.165, 1.54) is 19.3 Å². The predicted octanol–water partition coefficient (Wildman–Crippen LogP) is 2.25. The second kappa shape index (κ2) is 10.9. The number of likely N-dealkylation sites (tertiary alicyclic amines) is 1. The maximum atomic E-state index is 12.2. The smallest absolute Gasteiger partial charge is 0.290 e. The molecule has 1 aromatic carbocycles. The zero-order valence-corrected chi connectivity index (χ0v) is 15.3. The highest BCUT2D eigenvalue weighted by atomic mass is 16.3. The summed E-state index contributed by atoms with van der Waals surface area (Å²) < 4.78 is 0. The number of piperidine rings is 1. The van der Waals surface area contributed by atoms with Crippen molar-refractivity contribution in [2.75, 3.05) is 31.9 Å². The number of pyridine rings is 1. The molecule has 7 nitrogen and oxygen atoms in total. The first kappa shape index (κ1) is 20.4. The van der Waals surface area contributed by atoms with Gasteiger partial charge in [0, 0.05) is 30.4 Å². The van der Waals surface area contributed by atoms with Crippen LogP contribution in [-0.4, -0.2) is 53.5 Å². The van der Waals surface area contributed by atoms with E-state index in [0.29, 0.717) is 17.8 Å². The van der Waals surface area contributed by atoms with Crippen LogP contribution < -0.4 is 11.1 Å². The Kier molecular flexibility index (Phi) is 8.25. The quantitative estimate of drug-likeness (QED) is 0.697. The van der Waals surface area contributed by atoms with Crippen LogP contribution in [0.25, 0.3) is 11.1 Å². The van der Waals surface area contributed by atoms with Crippen molar-refractivity contribution in [2.45, 2.75) is 19.3 Å². The van der Waals surface area contributed by atoms with E-state index in [1.807, 2.05) is 30.3 Å². The third kappa shape index (κ3) is 6.38.